The summed E-state index contributed by atoms with van der Waals surface area (Å²) in [5, 5.41) is 3.66. The van der Waals surface area contributed by atoms with E-state index in [1.807, 2.05) is 50.2 Å². The summed E-state index contributed by atoms with van der Waals surface area (Å²) in [6, 6.07) is 13.2. The molecule has 0 aliphatic heterocycles. The second-order valence-corrected chi connectivity index (χ2v) is 6.58. The highest BCUT2D eigenvalue weighted by Crippen LogP contribution is 2.20. The van der Waals surface area contributed by atoms with E-state index >= 15 is 0 Å². The fraction of sp³-hybridized carbons (Fsp3) is 0.278. The number of halogens is 1. The average Bonchev–Trinajstić information content (AvgIpc) is 2.55. The quantitative estimate of drug-likeness (QED) is 0.587. The van der Waals surface area contributed by atoms with Gasteiger partial charge in [0.25, 0.3) is 5.91 Å². The molecule has 0 bridgehead atoms. The van der Waals surface area contributed by atoms with E-state index in [1.165, 1.54) is 0 Å². The number of hydrogen-bond donors (Lipinski definition) is 1. The van der Waals surface area contributed by atoms with Gasteiger partial charge < -0.3 is 10.1 Å². The summed E-state index contributed by atoms with van der Waals surface area (Å²) in [5.74, 6) is 1.57. The van der Waals surface area contributed by atoms with Crippen molar-refractivity contribution in [1.82, 2.24) is 5.32 Å². The zero-order valence-corrected chi connectivity index (χ0v) is 14.8. The minimum absolute atomic E-state index is 0.0622. The largest absolute Gasteiger partial charge is 0.494 e. The van der Waals surface area contributed by atoms with Crippen molar-refractivity contribution in [2.75, 3.05) is 18.9 Å². The molecule has 0 radical (unpaired) electrons. The van der Waals surface area contributed by atoms with Crippen molar-refractivity contribution in [2.24, 2.45) is 0 Å². The number of aryl methyl sites for hydroxylation is 1. The molecule has 0 aromatic heterocycles. The molecule has 2 aromatic rings. The Morgan fingerprint density at radius 3 is 2.61 bits per heavy atom. The van der Waals surface area contributed by atoms with E-state index in [0.29, 0.717) is 18.7 Å². The summed E-state index contributed by atoms with van der Waals surface area (Å²) in [6.45, 7) is 5.11. The molecular weight excluding hydrogens is 330 g/mol. The monoisotopic (exact) mass is 349 g/mol. The van der Waals surface area contributed by atoms with Gasteiger partial charge in [-0.15, -0.1) is 11.8 Å². The molecule has 0 saturated carbocycles. The molecule has 0 spiro atoms. The predicted octanol–water partition coefficient (Wildman–Crippen LogP) is 4.57. The van der Waals surface area contributed by atoms with Crippen molar-refractivity contribution in [3.8, 4) is 5.75 Å². The van der Waals surface area contributed by atoms with Gasteiger partial charge in [-0.2, -0.15) is 0 Å². The van der Waals surface area contributed by atoms with Crippen LogP contribution in [0.1, 0.15) is 22.8 Å². The van der Waals surface area contributed by atoms with E-state index in [1.54, 1.807) is 17.8 Å². The van der Waals surface area contributed by atoms with E-state index in [9.17, 15) is 4.79 Å². The maximum absolute atomic E-state index is 12.1. The molecule has 23 heavy (non-hydrogen) atoms. The molecule has 0 aliphatic rings. The van der Waals surface area contributed by atoms with Crippen molar-refractivity contribution in [3.05, 3.63) is 58.6 Å². The summed E-state index contributed by atoms with van der Waals surface area (Å²) in [6.07, 6.45) is 0. The first-order valence-corrected chi connectivity index (χ1v) is 8.86. The molecule has 0 saturated heterocycles. The van der Waals surface area contributed by atoms with Crippen LogP contribution in [0.3, 0.4) is 0 Å². The maximum atomic E-state index is 12.1. The van der Waals surface area contributed by atoms with Gasteiger partial charge in [-0.3, -0.25) is 4.79 Å². The first kappa shape index (κ1) is 17.7. The van der Waals surface area contributed by atoms with E-state index in [-0.39, 0.29) is 5.91 Å². The van der Waals surface area contributed by atoms with Crippen LogP contribution in [0.5, 0.6) is 5.75 Å². The molecule has 0 fully saturated rings. The lowest BCUT2D eigenvalue weighted by atomic mass is 10.1. The van der Waals surface area contributed by atoms with Crippen LogP contribution in [0, 0.1) is 6.92 Å². The minimum atomic E-state index is -0.0622. The Bertz CT molecular complexity index is 659. The van der Waals surface area contributed by atoms with Crippen molar-refractivity contribution >= 4 is 29.3 Å². The van der Waals surface area contributed by atoms with Gasteiger partial charge in [-0.25, -0.2) is 0 Å². The Hall–Kier alpha value is -1.65. The SMILES string of the molecule is CCOc1ccc(C(=O)NCCSc2ccc(Cl)cc2)cc1C. The van der Waals surface area contributed by atoms with Crippen molar-refractivity contribution in [2.45, 2.75) is 18.7 Å². The minimum Gasteiger partial charge on any atom is -0.494 e. The maximum Gasteiger partial charge on any atom is 0.251 e. The number of benzene rings is 2. The number of ether oxygens (including phenoxy) is 1. The summed E-state index contributed by atoms with van der Waals surface area (Å²) in [7, 11) is 0. The highest BCUT2D eigenvalue weighted by molar-refractivity contribution is 7.99. The highest BCUT2D eigenvalue weighted by Gasteiger charge is 2.07. The van der Waals surface area contributed by atoms with Gasteiger partial charge in [-0.05, 0) is 61.9 Å². The molecule has 3 nitrogen and oxygen atoms in total. The third-order valence-electron chi connectivity index (χ3n) is 3.21. The number of nitrogens with one attached hydrogen (secondary N) is 1. The second-order valence-electron chi connectivity index (χ2n) is 4.97. The molecular formula is C18H20ClNO2S. The average molecular weight is 350 g/mol. The summed E-state index contributed by atoms with van der Waals surface area (Å²) in [5.41, 5.74) is 1.62. The first-order chi connectivity index (χ1) is 11.1. The van der Waals surface area contributed by atoms with Crippen LogP contribution in [0.2, 0.25) is 5.02 Å². The molecule has 5 heteroatoms. The zero-order valence-electron chi connectivity index (χ0n) is 13.3. The number of carbonyl (C=O) groups excluding carboxylic acids is 1. The lowest BCUT2D eigenvalue weighted by molar-refractivity contribution is 0.0956. The van der Waals surface area contributed by atoms with Crippen molar-refractivity contribution in [3.63, 3.8) is 0 Å². The van der Waals surface area contributed by atoms with Crippen LogP contribution in [-0.2, 0) is 0 Å². The molecule has 0 unspecified atom stereocenters. The summed E-state index contributed by atoms with van der Waals surface area (Å²) >= 11 is 7.54. The van der Waals surface area contributed by atoms with Crippen molar-refractivity contribution < 1.29 is 9.53 Å². The number of amides is 1. The molecule has 2 aromatic carbocycles. The van der Waals surface area contributed by atoms with E-state index in [0.717, 1.165) is 27.0 Å². The molecule has 0 heterocycles. The van der Waals surface area contributed by atoms with Gasteiger partial charge in [-0.1, -0.05) is 11.6 Å². The second kappa shape index (κ2) is 8.85. The smallest absolute Gasteiger partial charge is 0.251 e. The first-order valence-electron chi connectivity index (χ1n) is 7.50. The fourth-order valence-electron chi connectivity index (χ4n) is 2.07. The Kier molecular flexibility index (Phi) is 6.81. The highest BCUT2D eigenvalue weighted by atomic mass is 35.5. The molecule has 0 aliphatic carbocycles. The molecule has 0 atom stereocenters. The number of rotatable bonds is 7. The van der Waals surface area contributed by atoms with E-state index < -0.39 is 0 Å². The molecule has 1 N–H and O–H groups in total. The van der Waals surface area contributed by atoms with E-state index in [2.05, 4.69) is 5.32 Å². The van der Waals surface area contributed by atoms with Crippen LogP contribution in [-0.4, -0.2) is 24.8 Å². The van der Waals surface area contributed by atoms with Crippen LogP contribution >= 0.6 is 23.4 Å². The van der Waals surface area contributed by atoms with E-state index in [4.69, 9.17) is 16.3 Å². The van der Waals surface area contributed by atoms with Crippen LogP contribution in [0.4, 0.5) is 0 Å². The molecule has 1 amide bonds. The zero-order chi connectivity index (χ0) is 16.7. The van der Waals surface area contributed by atoms with Crippen LogP contribution in [0.25, 0.3) is 0 Å². The third kappa shape index (κ3) is 5.48. The Balaban J connectivity index is 1.80. The van der Waals surface area contributed by atoms with Crippen LogP contribution < -0.4 is 10.1 Å². The lowest BCUT2D eigenvalue weighted by Gasteiger charge is -2.09. The number of hydrogen-bond acceptors (Lipinski definition) is 3. The van der Waals surface area contributed by atoms with Crippen LogP contribution in [0.15, 0.2) is 47.4 Å². The molecule has 122 valence electrons. The fourth-order valence-corrected chi connectivity index (χ4v) is 2.97. The summed E-state index contributed by atoms with van der Waals surface area (Å²) < 4.78 is 5.48. The Morgan fingerprint density at radius 1 is 1.22 bits per heavy atom. The molecule has 2 rings (SSSR count). The van der Waals surface area contributed by atoms with Gasteiger partial charge in [0.1, 0.15) is 5.75 Å². The number of carbonyl (C=O) groups is 1. The standard InChI is InChI=1S/C18H20ClNO2S/c1-3-22-17-9-4-14(12-13(17)2)18(21)20-10-11-23-16-7-5-15(19)6-8-16/h4-9,12H,3,10-11H2,1-2H3,(H,20,21). The Morgan fingerprint density at radius 2 is 1.96 bits per heavy atom. The topological polar surface area (TPSA) is 38.3 Å². The van der Waals surface area contributed by atoms with Crippen molar-refractivity contribution in [1.29, 1.82) is 0 Å². The normalized spacial score (nSPS) is 10.4. The van der Waals surface area contributed by atoms with Gasteiger partial charge in [0.2, 0.25) is 0 Å². The predicted molar refractivity (Wildman–Crippen MR) is 96.9 cm³/mol. The third-order valence-corrected chi connectivity index (χ3v) is 4.47. The summed E-state index contributed by atoms with van der Waals surface area (Å²) in [4.78, 5) is 13.3. The lowest BCUT2D eigenvalue weighted by Crippen LogP contribution is -2.25. The van der Waals surface area contributed by atoms with Gasteiger partial charge in [0.05, 0.1) is 6.61 Å². The van der Waals surface area contributed by atoms with Gasteiger partial charge in [0.15, 0.2) is 0 Å². The van der Waals surface area contributed by atoms with Gasteiger partial charge >= 0.3 is 0 Å². The van der Waals surface area contributed by atoms with Gasteiger partial charge in [0, 0.05) is 27.8 Å². The Labute approximate surface area is 146 Å². The number of thioether (sulfide) groups is 1.